The van der Waals surface area contributed by atoms with Crippen molar-refractivity contribution in [2.45, 2.75) is 69.3 Å². The van der Waals surface area contributed by atoms with Gasteiger partial charge in [0.1, 0.15) is 12.1 Å². The van der Waals surface area contributed by atoms with Gasteiger partial charge in [-0.2, -0.15) is 0 Å². The van der Waals surface area contributed by atoms with Crippen molar-refractivity contribution in [3.05, 3.63) is 0 Å². The molecule has 5 unspecified atom stereocenters. The molecule has 0 fully saturated rings. The molecule has 0 heterocycles. The summed E-state index contributed by atoms with van der Waals surface area (Å²) in [6.07, 6.45) is -0.510. The Kier molecular flexibility index (Phi) is 13.7. The number of carboxylic acid groups (broad SMARTS) is 1. The summed E-state index contributed by atoms with van der Waals surface area (Å²) < 4.78 is 0. The van der Waals surface area contributed by atoms with Crippen molar-refractivity contribution in [1.29, 1.82) is 0 Å². The third-order valence-electron chi connectivity index (χ3n) is 4.48. The van der Waals surface area contributed by atoms with Crippen LogP contribution in [0.1, 0.15) is 39.0 Å². The van der Waals surface area contributed by atoms with Gasteiger partial charge < -0.3 is 48.5 Å². The Bertz CT molecular complexity index is 659. The Hall–Kier alpha value is -2.81. The molecule has 0 rings (SSSR count). The van der Waals surface area contributed by atoms with Crippen LogP contribution in [0.5, 0.6) is 0 Å². The fraction of sp³-hybridized carbons (Fsp3) is 0.722. The molecule has 0 saturated heterocycles. The highest BCUT2D eigenvalue weighted by Gasteiger charge is 2.31. The molecule has 0 bridgehead atoms. The number of rotatable bonds is 16. The lowest BCUT2D eigenvalue weighted by molar-refractivity contribution is -0.145. The van der Waals surface area contributed by atoms with E-state index in [9.17, 15) is 34.2 Å². The molecule has 12 N–H and O–H groups in total. The molecule has 0 spiro atoms. The van der Waals surface area contributed by atoms with E-state index in [-0.39, 0.29) is 12.8 Å². The molecule has 0 aliphatic heterocycles. The molecule has 0 aromatic heterocycles. The summed E-state index contributed by atoms with van der Waals surface area (Å²) in [5.41, 5.74) is 16.2. The number of carboxylic acids is 1. The zero-order valence-corrected chi connectivity index (χ0v) is 18.0. The second-order valence-corrected chi connectivity index (χ2v) is 7.27. The van der Waals surface area contributed by atoms with E-state index in [0.29, 0.717) is 25.8 Å². The van der Waals surface area contributed by atoms with Gasteiger partial charge in [0, 0.05) is 6.42 Å². The molecule has 32 heavy (non-hydrogen) atoms. The molecule has 0 aromatic carbocycles. The molecular formula is C18H34N6O8. The monoisotopic (exact) mass is 462 g/mol. The number of amides is 4. The Morgan fingerprint density at radius 1 is 0.906 bits per heavy atom. The fourth-order valence-corrected chi connectivity index (χ4v) is 2.58. The molecule has 0 saturated carbocycles. The quantitative estimate of drug-likeness (QED) is 0.0994. The Balaban J connectivity index is 5.23. The van der Waals surface area contributed by atoms with Crippen LogP contribution >= 0.6 is 0 Å². The Morgan fingerprint density at radius 2 is 1.47 bits per heavy atom. The van der Waals surface area contributed by atoms with E-state index in [1.807, 2.05) is 0 Å². The average Bonchev–Trinajstić information content (AvgIpc) is 2.71. The van der Waals surface area contributed by atoms with E-state index in [4.69, 9.17) is 22.3 Å². The van der Waals surface area contributed by atoms with Gasteiger partial charge in [0.25, 0.3) is 0 Å². The standard InChI is InChI=1S/C18H34N6O8/c1-9(26)14(18(31)32)24-16(29)11(5-6-13(21)27)22-17(30)12(8-25)23-15(28)10(20)4-2-3-7-19/h9-12,14,25-26H,2-8,19-20H2,1H3,(H2,21,27)(H,22,30)(H,23,28)(H,24,29)(H,31,32). The van der Waals surface area contributed by atoms with E-state index < -0.39 is 66.5 Å². The van der Waals surface area contributed by atoms with Crippen LogP contribution in [0, 0.1) is 0 Å². The predicted octanol–water partition coefficient (Wildman–Crippen LogP) is -4.38. The van der Waals surface area contributed by atoms with Crippen LogP contribution in [0.25, 0.3) is 0 Å². The topological polar surface area (TPSA) is 260 Å². The number of nitrogens with one attached hydrogen (secondary N) is 3. The van der Waals surface area contributed by atoms with Gasteiger partial charge in [-0.15, -0.1) is 0 Å². The first-order valence-electron chi connectivity index (χ1n) is 10.1. The molecule has 184 valence electrons. The maximum atomic E-state index is 12.5. The van der Waals surface area contributed by atoms with Crippen molar-refractivity contribution in [1.82, 2.24) is 16.0 Å². The van der Waals surface area contributed by atoms with Crippen LogP contribution in [0.4, 0.5) is 0 Å². The smallest absolute Gasteiger partial charge is 0.328 e. The van der Waals surface area contributed by atoms with Gasteiger partial charge in [-0.1, -0.05) is 6.42 Å². The summed E-state index contributed by atoms with van der Waals surface area (Å²) in [5, 5.41) is 34.6. The van der Waals surface area contributed by atoms with Gasteiger partial charge in [-0.25, -0.2) is 4.79 Å². The normalized spacial score (nSPS) is 15.5. The lowest BCUT2D eigenvalue weighted by atomic mass is 10.1. The van der Waals surface area contributed by atoms with Crippen molar-refractivity contribution < 1.29 is 39.3 Å². The number of carbonyl (C=O) groups excluding carboxylic acids is 4. The van der Waals surface area contributed by atoms with E-state index in [0.717, 1.165) is 6.92 Å². The van der Waals surface area contributed by atoms with Crippen LogP contribution in [0.3, 0.4) is 0 Å². The largest absolute Gasteiger partial charge is 0.480 e. The molecule has 14 nitrogen and oxygen atoms in total. The molecule has 0 aliphatic rings. The van der Waals surface area contributed by atoms with Gasteiger partial charge in [0.05, 0.1) is 18.8 Å². The van der Waals surface area contributed by atoms with Crippen LogP contribution in [0.15, 0.2) is 0 Å². The summed E-state index contributed by atoms with van der Waals surface area (Å²) in [6.45, 7) is 0.759. The highest BCUT2D eigenvalue weighted by atomic mass is 16.4. The SMILES string of the molecule is CC(O)C(NC(=O)C(CCC(N)=O)NC(=O)C(CO)NC(=O)C(N)CCCCN)C(=O)O. The van der Waals surface area contributed by atoms with Crippen molar-refractivity contribution in [3.8, 4) is 0 Å². The first kappa shape index (κ1) is 29.2. The molecule has 14 heteroatoms. The number of unbranched alkanes of at least 4 members (excludes halogenated alkanes) is 1. The highest BCUT2D eigenvalue weighted by molar-refractivity contribution is 5.94. The number of aliphatic carboxylic acids is 1. The second kappa shape index (κ2) is 15.1. The summed E-state index contributed by atoms with van der Waals surface area (Å²) in [7, 11) is 0. The Labute approximate surface area is 185 Å². The molecule has 0 radical (unpaired) electrons. The summed E-state index contributed by atoms with van der Waals surface area (Å²) in [6, 6.07) is -5.51. The number of hydrogen-bond acceptors (Lipinski definition) is 9. The van der Waals surface area contributed by atoms with Crippen molar-refractivity contribution >= 4 is 29.6 Å². The number of primary amides is 1. The predicted molar refractivity (Wildman–Crippen MR) is 112 cm³/mol. The van der Waals surface area contributed by atoms with Gasteiger partial charge in [-0.05, 0) is 32.7 Å². The lowest BCUT2D eigenvalue weighted by Crippen LogP contribution is -2.59. The van der Waals surface area contributed by atoms with Crippen LogP contribution < -0.4 is 33.2 Å². The third kappa shape index (κ3) is 11.0. The van der Waals surface area contributed by atoms with Gasteiger partial charge >= 0.3 is 5.97 Å². The number of carbonyl (C=O) groups is 5. The molecule has 0 aromatic rings. The summed E-state index contributed by atoms with van der Waals surface area (Å²) >= 11 is 0. The van der Waals surface area contributed by atoms with Crippen molar-refractivity contribution in [2.24, 2.45) is 17.2 Å². The maximum absolute atomic E-state index is 12.5. The summed E-state index contributed by atoms with van der Waals surface area (Å²) in [4.78, 5) is 59.4. The minimum atomic E-state index is -1.67. The van der Waals surface area contributed by atoms with Crippen LogP contribution in [-0.2, 0) is 24.0 Å². The van der Waals surface area contributed by atoms with E-state index in [2.05, 4.69) is 16.0 Å². The molecule has 4 amide bonds. The third-order valence-corrected chi connectivity index (χ3v) is 4.48. The van der Waals surface area contributed by atoms with Crippen LogP contribution in [-0.4, -0.2) is 88.3 Å². The number of hydrogen-bond donors (Lipinski definition) is 9. The zero-order chi connectivity index (χ0) is 24.8. The van der Waals surface area contributed by atoms with Crippen molar-refractivity contribution in [3.63, 3.8) is 0 Å². The fourth-order valence-electron chi connectivity index (χ4n) is 2.58. The molecule has 0 aliphatic carbocycles. The Morgan fingerprint density at radius 3 is 1.94 bits per heavy atom. The first-order valence-corrected chi connectivity index (χ1v) is 10.1. The van der Waals surface area contributed by atoms with Gasteiger partial charge in [0.2, 0.25) is 23.6 Å². The zero-order valence-electron chi connectivity index (χ0n) is 18.0. The van der Waals surface area contributed by atoms with Gasteiger partial charge in [0.15, 0.2) is 6.04 Å². The maximum Gasteiger partial charge on any atom is 0.328 e. The van der Waals surface area contributed by atoms with E-state index in [1.54, 1.807) is 0 Å². The van der Waals surface area contributed by atoms with Crippen LogP contribution in [0.2, 0.25) is 0 Å². The summed E-state index contributed by atoms with van der Waals surface area (Å²) in [5.74, 6) is -4.97. The molecule has 5 atom stereocenters. The van der Waals surface area contributed by atoms with E-state index in [1.165, 1.54) is 0 Å². The number of aliphatic hydroxyl groups is 2. The highest BCUT2D eigenvalue weighted by Crippen LogP contribution is 2.03. The number of aliphatic hydroxyl groups excluding tert-OH is 2. The molecular weight excluding hydrogens is 428 g/mol. The first-order chi connectivity index (χ1) is 14.9. The van der Waals surface area contributed by atoms with E-state index >= 15 is 0 Å². The number of nitrogens with two attached hydrogens (primary N) is 3. The second-order valence-electron chi connectivity index (χ2n) is 7.27. The average molecular weight is 463 g/mol. The van der Waals surface area contributed by atoms with Gasteiger partial charge in [-0.3, -0.25) is 19.2 Å². The minimum Gasteiger partial charge on any atom is -0.480 e. The van der Waals surface area contributed by atoms with Crippen molar-refractivity contribution in [2.75, 3.05) is 13.2 Å². The lowest BCUT2D eigenvalue weighted by Gasteiger charge is -2.25. The minimum absolute atomic E-state index is 0.288.